The minimum Gasteiger partial charge on any atom is -0.313 e. The summed E-state index contributed by atoms with van der Waals surface area (Å²) in [6, 6.07) is 2.59. The van der Waals surface area contributed by atoms with Crippen LogP contribution in [0.1, 0.15) is 18.5 Å². The molecule has 1 saturated heterocycles. The molecule has 0 amide bonds. The van der Waals surface area contributed by atoms with E-state index in [1.165, 1.54) is 19.4 Å². The van der Waals surface area contributed by atoms with Crippen molar-refractivity contribution in [3.05, 3.63) is 18.0 Å². The summed E-state index contributed by atoms with van der Waals surface area (Å²) < 4.78 is 0. The molecule has 1 atom stereocenters. The number of hydrogen-bond acceptors (Lipinski definition) is 4. The number of nitrogens with zero attached hydrogens (tertiary/aromatic N) is 2. The highest BCUT2D eigenvalue weighted by Crippen LogP contribution is 2.17. The Labute approximate surface area is 88.7 Å². The summed E-state index contributed by atoms with van der Waals surface area (Å²) in [5.74, 6) is 1.09. The molecule has 1 aliphatic heterocycles. The number of aromatic nitrogens is 2. The van der Waals surface area contributed by atoms with Gasteiger partial charge in [0.2, 0.25) is 0 Å². The van der Waals surface area contributed by atoms with Crippen molar-refractivity contribution in [3.8, 4) is 0 Å². The summed E-state index contributed by atoms with van der Waals surface area (Å²) >= 11 is 1.75. The van der Waals surface area contributed by atoms with E-state index in [0.717, 1.165) is 16.6 Å². The van der Waals surface area contributed by atoms with Crippen LogP contribution in [0.2, 0.25) is 0 Å². The van der Waals surface area contributed by atoms with Gasteiger partial charge in [0.1, 0.15) is 0 Å². The van der Waals surface area contributed by atoms with Crippen molar-refractivity contribution < 1.29 is 0 Å². The zero-order valence-electron chi connectivity index (χ0n) is 8.36. The van der Waals surface area contributed by atoms with Crippen LogP contribution in [0.15, 0.2) is 17.4 Å². The van der Waals surface area contributed by atoms with Gasteiger partial charge in [-0.15, -0.1) is 0 Å². The van der Waals surface area contributed by atoms with Crippen molar-refractivity contribution in [2.45, 2.75) is 31.0 Å². The Bertz CT molecular complexity index is 297. The van der Waals surface area contributed by atoms with E-state index < -0.39 is 0 Å². The highest BCUT2D eigenvalue weighted by molar-refractivity contribution is 7.99. The van der Waals surface area contributed by atoms with Gasteiger partial charge in [-0.1, -0.05) is 11.8 Å². The highest BCUT2D eigenvalue weighted by Gasteiger charge is 2.14. The van der Waals surface area contributed by atoms with Gasteiger partial charge in [-0.25, -0.2) is 9.97 Å². The second kappa shape index (κ2) is 4.75. The van der Waals surface area contributed by atoms with Gasteiger partial charge in [0.05, 0.1) is 0 Å². The minimum atomic E-state index is 0.657. The van der Waals surface area contributed by atoms with Gasteiger partial charge in [-0.3, -0.25) is 0 Å². The lowest BCUT2D eigenvalue weighted by Gasteiger charge is -2.07. The largest absolute Gasteiger partial charge is 0.313 e. The Kier molecular flexibility index (Phi) is 3.37. The summed E-state index contributed by atoms with van der Waals surface area (Å²) in [5, 5.41) is 4.37. The smallest absolute Gasteiger partial charge is 0.187 e. The Morgan fingerprint density at radius 3 is 3.29 bits per heavy atom. The lowest BCUT2D eigenvalue weighted by atomic mass is 10.3. The molecule has 4 heteroatoms. The molecule has 0 bridgehead atoms. The van der Waals surface area contributed by atoms with E-state index in [-0.39, 0.29) is 0 Å². The van der Waals surface area contributed by atoms with Crippen LogP contribution < -0.4 is 5.32 Å². The maximum Gasteiger partial charge on any atom is 0.187 e. The molecule has 0 aliphatic carbocycles. The lowest BCUT2D eigenvalue weighted by Crippen LogP contribution is -2.23. The van der Waals surface area contributed by atoms with Crippen molar-refractivity contribution in [2.24, 2.45) is 0 Å². The van der Waals surface area contributed by atoms with Crippen LogP contribution in [0.25, 0.3) is 0 Å². The minimum absolute atomic E-state index is 0.657. The fourth-order valence-corrected chi connectivity index (χ4v) is 2.55. The number of rotatable bonds is 3. The molecular weight excluding hydrogens is 194 g/mol. The first-order valence-electron chi connectivity index (χ1n) is 5.00. The molecule has 1 fully saturated rings. The predicted octanol–water partition coefficient (Wildman–Crippen LogP) is 1.63. The molecule has 76 valence electrons. The number of hydrogen-bond donors (Lipinski definition) is 1. The molecule has 1 aromatic heterocycles. The van der Waals surface area contributed by atoms with Gasteiger partial charge in [0.25, 0.3) is 0 Å². The summed E-state index contributed by atoms with van der Waals surface area (Å²) in [6.45, 7) is 3.17. The third kappa shape index (κ3) is 2.69. The number of nitrogens with one attached hydrogen (secondary N) is 1. The van der Waals surface area contributed by atoms with Crippen molar-refractivity contribution >= 4 is 11.8 Å². The van der Waals surface area contributed by atoms with Gasteiger partial charge in [0.15, 0.2) is 5.16 Å². The van der Waals surface area contributed by atoms with E-state index in [1.54, 1.807) is 11.8 Å². The van der Waals surface area contributed by atoms with Crippen LogP contribution in [0.4, 0.5) is 0 Å². The van der Waals surface area contributed by atoms with Crippen LogP contribution >= 0.6 is 11.8 Å². The second-order valence-corrected chi connectivity index (χ2v) is 4.57. The van der Waals surface area contributed by atoms with Gasteiger partial charge in [-0.05, 0) is 32.4 Å². The van der Waals surface area contributed by atoms with E-state index in [4.69, 9.17) is 0 Å². The van der Waals surface area contributed by atoms with E-state index >= 15 is 0 Å². The summed E-state index contributed by atoms with van der Waals surface area (Å²) in [4.78, 5) is 8.58. The number of thioether (sulfide) groups is 1. The van der Waals surface area contributed by atoms with E-state index in [1.807, 2.05) is 19.2 Å². The summed E-state index contributed by atoms with van der Waals surface area (Å²) in [5.41, 5.74) is 1.04. The Hall–Kier alpha value is -0.610. The Balaban J connectivity index is 1.85. The highest BCUT2D eigenvalue weighted by atomic mass is 32.2. The average molecular weight is 209 g/mol. The zero-order valence-corrected chi connectivity index (χ0v) is 9.18. The molecule has 2 heterocycles. The van der Waals surface area contributed by atoms with Gasteiger partial charge >= 0.3 is 0 Å². The van der Waals surface area contributed by atoms with Crippen molar-refractivity contribution in [2.75, 3.05) is 12.3 Å². The van der Waals surface area contributed by atoms with E-state index in [9.17, 15) is 0 Å². The maximum absolute atomic E-state index is 4.36. The topological polar surface area (TPSA) is 37.8 Å². The SMILES string of the molecule is Cc1ccnc(SCC2CCCN2)n1. The molecule has 0 radical (unpaired) electrons. The molecule has 1 aromatic rings. The second-order valence-electron chi connectivity index (χ2n) is 3.58. The van der Waals surface area contributed by atoms with Crippen LogP contribution in [-0.2, 0) is 0 Å². The van der Waals surface area contributed by atoms with Crippen molar-refractivity contribution in [3.63, 3.8) is 0 Å². The molecule has 1 N–H and O–H groups in total. The fraction of sp³-hybridized carbons (Fsp3) is 0.600. The van der Waals surface area contributed by atoms with Crippen LogP contribution in [0, 0.1) is 6.92 Å². The molecule has 0 spiro atoms. The van der Waals surface area contributed by atoms with Gasteiger partial charge in [0, 0.05) is 23.7 Å². The van der Waals surface area contributed by atoms with Crippen LogP contribution in [-0.4, -0.2) is 28.3 Å². The predicted molar refractivity (Wildman–Crippen MR) is 58.5 cm³/mol. The molecule has 1 aliphatic rings. The average Bonchev–Trinajstić information content (AvgIpc) is 2.67. The molecule has 0 saturated carbocycles. The molecule has 14 heavy (non-hydrogen) atoms. The normalized spacial score (nSPS) is 21.4. The maximum atomic E-state index is 4.36. The van der Waals surface area contributed by atoms with Crippen molar-refractivity contribution in [1.82, 2.24) is 15.3 Å². The quantitative estimate of drug-likeness (QED) is 0.606. The first kappa shape index (κ1) is 9.93. The standard InChI is InChI=1S/C10H15N3S/c1-8-4-6-12-10(13-8)14-7-9-3-2-5-11-9/h4,6,9,11H,2-3,5,7H2,1H3. The summed E-state index contributed by atoms with van der Waals surface area (Å²) in [6.07, 6.45) is 4.42. The third-order valence-electron chi connectivity index (χ3n) is 2.35. The van der Waals surface area contributed by atoms with E-state index in [0.29, 0.717) is 6.04 Å². The zero-order chi connectivity index (χ0) is 9.80. The van der Waals surface area contributed by atoms with Crippen LogP contribution in [0.3, 0.4) is 0 Å². The first-order chi connectivity index (χ1) is 6.84. The Morgan fingerprint density at radius 2 is 2.57 bits per heavy atom. The molecule has 1 unspecified atom stereocenters. The third-order valence-corrected chi connectivity index (χ3v) is 3.37. The van der Waals surface area contributed by atoms with Crippen molar-refractivity contribution in [1.29, 1.82) is 0 Å². The van der Waals surface area contributed by atoms with E-state index in [2.05, 4.69) is 15.3 Å². The van der Waals surface area contributed by atoms with Gasteiger partial charge in [-0.2, -0.15) is 0 Å². The molecule has 3 nitrogen and oxygen atoms in total. The molecular formula is C10H15N3S. The summed E-state index contributed by atoms with van der Waals surface area (Å²) in [7, 11) is 0. The van der Waals surface area contributed by atoms with Crippen LogP contribution in [0.5, 0.6) is 0 Å². The fourth-order valence-electron chi connectivity index (χ4n) is 1.57. The molecule has 2 rings (SSSR count). The van der Waals surface area contributed by atoms with Gasteiger partial charge < -0.3 is 5.32 Å². The lowest BCUT2D eigenvalue weighted by molar-refractivity contribution is 0.673. The number of aryl methyl sites for hydroxylation is 1. The Morgan fingerprint density at radius 1 is 1.64 bits per heavy atom. The molecule has 0 aromatic carbocycles. The first-order valence-corrected chi connectivity index (χ1v) is 5.99. The monoisotopic (exact) mass is 209 g/mol.